The highest BCUT2D eigenvalue weighted by molar-refractivity contribution is 6.09. The van der Waals surface area contributed by atoms with Gasteiger partial charge in [-0.25, -0.2) is 0 Å². The minimum Gasteiger partial charge on any atom is -0.448 e. The average molecular weight is 215 g/mol. The molecule has 0 radical (unpaired) electrons. The van der Waals surface area contributed by atoms with Gasteiger partial charge in [0.1, 0.15) is 0 Å². The smallest absolute Gasteiger partial charge is 0.303 e. The van der Waals surface area contributed by atoms with Crippen LogP contribution in [0.3, 0.4) is 0 Å². The molecule has 7 nitrogen and oxygen atoms in total. The molecule has 2 atom stereocenters. The van der Waals surface area contributed by atoms with Crippen molar-refractivity contribution in [2.75, 3.05) is 0 Å². The van der Waals surface area contributed by atoms with Gasteiger partial charge in [-0.2, -0.15) is 0 Å². The average Bonchev–Trinajstić information content (AvgIpc) is 2.30. The maximum atomic E-state index is 11.1. The molecule has 1 rings (SSSR count). The number of esters is 2. The zero-order valence-electron chi connectivity index (χ0n) is 8.10. The zero-order chi connectivity index (χ0) is 11.6. The van der Waals surface area contributed by atoms with E-state index in [0.29, 0.717) is 0 Å². The Morgan fingerprint density at radius 2 is 1.33 bits per heavy atom. The summed E-state index contributed by atoms with van der Waals surface area (Å²) in [5.74, 6) is -3.05. The van der Waals surface area contributed by atoms with Crippen molar-refractivity contribution in [2.24, 2.45) is 0 Å². The second kappa shape index (κ2) is 4.07. The number of ether oxygens (including phenoxy) is 2. The van der Waals surface area contributed by atoms with Gasteiger partial charge in [0.05, 0.1) is 0 Å². The van der Waals surface area contributed by atoms with E-state index in [1.165, 1.54) is 0 Å². The molecule has 0 saturated carbocycles. The summed E-state index contributed by atoms with van der Waals surface area (Å²) in [5.41, 5.74) is 0. The van der Waals surface area contributed by atoms with Crippen molar-refractivity contribution in [3.8, 4) is 0 Å². The molecular formula is C8H9NO6. The summed E-state index contributed by atoms with van der Waals surface area (Å²) in [7, 11) is 0. The molecule has 1 saturated heterocycles. The standard InChI is InChI=1S/C8H9NO6/c1-3(10)14-5-6(15-4(2)11)8(13)9-7(5)12/h5-6H,1-2H3,(H,9,12,13). The van der Waals surface area contributed by atoms with Crippen molar-refractivity contribution in [2.45, 2.75) is 26.1 Å². The van der Waals surface area contributed by atoms with E-state index < -0.39 is 36.0 Å². The van der Waals surface area contributed by atoms with Crippen LogP contribution in [0.2, 0.25) is 0 Å². The highest BCUT2D eigenvalue weighted by Crippen LogP contribution is 2.12. The number of hydrogen-bond acceptors (Lipinski definition) is 6. The lowest BCUT2D eigenvalue weighted by atomic mass is 10.2. The monoisotopic (exact) mass is 215 g/mol. The van der Waals surface area contributed by atoms with Crippen LogP contribution in [0.25, 0.3) is 0 Å². The first-order valence-corrected chi connectivity index (χ1v) is 4.11. The summed E-state index contributed by atoms with van der Waals surface area (Å²) in [4.78, 5) is 43.5. The molecule has 0 aromatic heterocycles. The van der Waals surface area contributed by atoms with E-state index in [1.807, 2.05) is 5.32 Å². The van der Waals surface area contributed by atoms with Crippen LogP contribution in [0, 0.1) is 0 Å². The predicted octanol–water partition coefficient (Wildman–Crippen LogP) is -1.49. The molecule has 82 valence electrons. The van der Waals surface area contributed by atoms with E-state index in [4.69, 9.17) is 0 Å². The molecule has 1 aliphatic heterocycles. The summed E-state index contributed by atoms with van der Waals surface area (Å²) < 4.78 is 9.12. The lowest BCUT2D eigenvalue weighted by Gasteiger charge is -2.14. The maximum Gasteiger partial charge on any atom is 0.303 e. The van der Waals surface area contributed by atoms with Crippen LogP contribution in [-0.4, -0.2) is 36.0 Å². The van der Waals surface area contributed by atoms with Crippen LogP contribution in [0.4, 0.5) is 0 Å². The Labute approximate surface area is 84.7 Å². The Morgan fingerprint density at radius 3 is 1.60 bits per heavy atom. The molecule has 2 unspecified atom stereocenters. The van der Waals surface area contributed by atoms with Gasteiger partial charge >= 0.3 is 11.9 Å². The number of carbonyl (C=O) groups excluding carboxylic acids is 4. The SMILES string of the molecule is CC(=O)OC1C(=O)NC(=O)C1OC(C)=O. The van der Waals surface area contributed by atoms with Gasteiger partial charge in [-0.1, -0.05) is 0 Å². The van der Waals surface area contributed by atoms with Crippen molar-refractivity contribution in [1.29, 1.82) is 0 Å². The number of hydrogen-bond donors (Lipinski definition) is 1. The zero-order valence-corrected chi connectivity index (χ0v) is 8.10. The van der Waals surface area contributed by atoms with Crippen LogP contribution < -0.4 is 5.32 Å². The summed E-state index contributed by atoms with van der Waals surface area (Å²) in [6.45, 7) is 2.17. The highest BCUT2D eigenvalue weighted by Gasteiger charge is 2.46. The van der Waals surface area contributed by atoms with Gasteiger partial charge in [-0.3, -0.25) is 24.5 Å². The van der Waals surface area contributed by atoms with Crippen LogP contribution in [0.15, 0.2) is 0 Å². The van der Waals surface area contributed by atoms with Crippen molar-refractivity contribution >= 4 is 23.8 Å². The number of carbonyl (C=O) groups is 4. The van der Waals surface area contributed by atoms with E-state index in [1.54, 1.807) is 0 Å². The van der Waals surface area contributed by atoms with Gasteiger partial charge in [0, 0.05) is 13.8 Å². The lowest BCUT2D eigenvalue weighted by Crippen LogP contribution is -2.36. The van der Waals surface area contributed by atoms with E-state index in [-0.39, 0.29) is 0 Å². The van der Waals surface area contributed by atoms with Gasteiger partial charge in [-0.15, -0.1) is 0 Å². The minimum absolute atomic E-state index is 0.734. The minimum atomic E-state index is -1.39. The van der Waals surface area contributed by atoms with Gasteiger partial charge in [-0.05, 0) is 0 Å². The molecule has 0 aromatic rings. The first kappa shape index (κ1) is 11.2. The third-order valence-electron chi connectivity index (χ3n) is 1.62. The Kier molecular flexibility index (Phi) is 3.03. The molecule has 1 aliphatic rings. The summed E-state index contributed by atoms with van der Waals surface area (Å²) >= 11 is 0. The first-order valence-electron chi connectivity index (χ1n) is 4.11. The maximum absolute atomic E-state index is 11.1. The van der Waals surface area contributed by atoms with Crippen molar-refractivity contribution in [1.82, 2.24) is 5.32 Å². The fourth-order valence-electron chi connectivity index (χ4n) is 1.13. The fraction of sp³-hybridized carbons (Fsp3) is 0.500. The fourth-order valence-corrected chi connectivity index (χ4v) is 1.13. The predicted molar refractivity (Wildman–Crippen MR) is 44.3 cm³/mol. The molecule has 0 aliphatic carbocycles. The molecule has 1 heterocycles. The molecule has 0 bridgehead atoms. The Balaban J connectivity index is 2.79. The molecule has 1 fully saturated rings. The quantitative estimate of drug-likeness (QED) is 0.445. The molecular weight excluding hydrogens is 206 g/mol. The second-order valence-electron chi connectivity index (χ2n) is 2.91. The van der Waals surface area contributed by atoms with Gasteiger partial charge in [0.2, 0.25) is 12.2 Å². The highest BCUT2D eigenvalue weighted by atomic mass is 16.6. The summed E-state index contributed by atoms with van der Waals surface area (Å²) in [5, 5.41) is 1.90. The lowest BCUT2D eigenvalue weighted by molar-refractivity contribution is -0.167. The normalized spacial score (nSPS) is 24.7. The largest absolute Gasteiger partial charge is 0.448 e. The molecule has 7 heteroatoms. The Morgan fingerprint density at radius 1 is 1.00 bits per heavy atom. The molecule has 0 aromatic carbocycles. The summed E-state index contributed by atoms with van der Waals surface area (Å²) in [6, 6.07) is 0. The topological polar surface area (TPSA) is 98.8 Å². The number of nitrogens with one attached hydrogen (secondary N) is 1. The van der Waals surface area contributed by atoms with Crippen LogP contribution in [-0.2, 0) is 28.7 Å². The van der Waals surface area contributed by atoms with E-state index in [2.05, 4.69) is 9.47 Å². The van der Waals surface area contributed by atoms with Gasteiger partial charge in [0.15, 0.2) is 0 Å². The Bertz CT molecular complexity index is 304. The van der Waals surface area contributed by atoms with Crippen molar-refractivity contribution in [3.05, 3.63) is 0 Å². The van der Waals surface area contributed by atoms with Crippen LogP contribution in [0.5, 0.6) is 0 Å². The number of imide groups is 1. The third kappa shape index (κ3) is 2.52. The van der Waals surface area contributed by atoms with Crippen LogP contribution in [0.1, 0.15) is 13.8 Å². The van der Waals surface area contributed by atoms with E-state index in [9.17, 15) is 19.2 Å². The number of rotatable bonds is 2. The molecule has 2 amide bonds. The van der Waals surface area contributed by atoms with Crippen molar-refractivity contribution < 1.29 is 28.7 Å². The first-order chi connectivity index (χ1) is 6.91. The summed E-state index contributed by atoms with van der Waals surface area (Å²) in [6.07, 6.45) is -2.78. The molecule has 15 heavy (non-hydrogen) atoms. The number of amides is 2. The van der Waals surface area contributed by atoms with E-state index >= 15 is 0 Å². The Hall–Kier alpha value is -1.92. The van der Waals surface area contributed by atoms with Gasteiger partial charge in [0.25, 0.3) is 11.8 Å². The van der Waals surface area contributed by atoms with Crippen LogP contribution >= 0.6 is 0 Å². The second-order valence-corrected chi connectivity index (χ2v) is 2.91. The van der Waals surface area contributed by atoms with E-state index in [0.717, 1.165) is 13.8 Å². The van der Waals surface area contributed by atoms with Gasteiger partial charge < -0.3 is 9.47 Å². The molecule has 1 N–H and O–H groups in total. The van der Waals surface area contributed by atoms with Crippen molar-refractivity contribution in [3.63, 3.8) is 0 Å². The third-order valence-corrected chi connectivity index (χ3v) is 1.62. The molecule has 0 spiro atoms.